The molecule has 0 aliphatic heterocycles. The number of amides is 1. The van der Waals surface area contributed by atoms with Crippen LogP contribution in [-0.2, 0) is 14.6 Å². The molecule has 1 aromatic carbocycles. The summed E-state index contributed by atoms with van der Waals surface area (Å²) < 4.78 is 24.7. The minimum Gasteiger partial charge on any atom is -0.325 e. The van der Waals surface area contributed by atoms with Gasteiger partial charge in [0.1, 0.15) is 0 Å². The lowest BCUT2D eigenvalue weighted by atomic mass is 9.83. The highest BCUT2D eigenvalue weighted by Gasteiger charge is 2.52. The molecule has 1 heterocycles. The molecule has 0 spiro atoms. The molecule has 0 bridgehead atoms. The maximum Gasteiger partial charge on any atom is 0.245 e. The van der Waals surface area contributed by atoms with Crippen molar-refractivity contribution in [2.75, 3.05) is 11.6 Å². The molecule has 24 heavy (non-hydrogen) atoms. The van der Waals surface area contributed by atoms with Crippen molar-refractivity contribution in [1.29, 1.82) is 0 Å². The number of benzene rings is 1. The SMILES string of the molecule is Cc1ncn(-c2ccc(NC(=O)C3(S(C)(=O)=O)CCC3)cc2)c1C. The lowest BCUT2D eigenvalue weighted by molar-refractivity contribution is -0.120. The molecule has 0 saturated heterocycles. The molecule has 0 unspecified atom stereocenters. The van der Waals surface area contributed by atoms with Gasteiger partial charge in [0.05, 0.1) is 12.0 Å². The third-order valence-electron chi connectivity index (χ3n) is 4.94. The molecule has 1 aliphatic carbocycles. The van der Waals surface area contributed by atoms with Crippen LogP contribution in [0.5, 0.6) is 0 Å². The zero-order chi connectivity index (χ0) is 17.5. The van der Waals surface area contributed by atoms with E-state index in [0.29, 0.717) is 18.5 Å². The fourth-order valence-electron chi connectivity index (χ4n) is 2.97. The van der Waals surface area contributed by atoms with Crippen LogP contribution in [-0.4, -0.2) is 34.9 Å². The van der Waals surface area contributed by atoms with Crippen LogP contribution in [0.3, 0.4) is 0 Å². The minimum atomic E-state index is -3.43. The smallest absolute Gasteiger partial charge is 0.245 e. The van der Waals surface area contributed by atoms with Gasteiger partial charge in [0.25, 0.3) is 0 Å². The largest absolute Gasteiger partial charge is 0.325 e. The number of carbonyl (C=O) groups excluding carboxylic acids is 1. The van der Waals surface area contributed by atoms with Gasteiger partial charge in [0, 0.05) is 23.3 Å². The van der Waals surface area contributed by atoms with Crippen molar-refractivity contribution in [1.82, 2.24) is 9.55 Å². The van der Waals surface area contributed by atoms with E-state index in [9.17, 15) is 13.2 Å². The molecular weight excluding hydrogens is 326 g/mol. The van der Waals surface area contributed by atoms with E-state index in [0.717, 1.165) is 29.8 Å². The predicted octanol–water partition coefficient (Wildman–Crippen LogP) is 2.39. The third-order valence-corrected chi connectivity index (χ3v) is 6.95. The molecule has 1 aromatic heterocycles. The Balaban J connectivity index is 1.80. The molecule has 0 radical (unpaired) electrons. The Kier molecular flexibility index (Phi) is 3.99. The van der Waals surface area contributed by atoms with Crippen molar-refractivity contribution in [2.24, 2.45) is 0 Å². The predicted molar refractivity (Wildman–Crippen MR) is 93.1 cm³/mol. The lowest BCUT2D eigenvalue weighted by Gasteiger charge is -2.38. The number of nitrogens with zero attached hydrogens (tertiary/aromatic N) is 2. The van der Waals surface area contributed by atoms with Crippen molar-refractivity contribution >= 4 is 21.4 Å². The first kappa shape index (κ1) is 16.7. The van der Waals surface area contributed by atoms with Gasteiger partial charge in [-0.25, -0.2) is 13.4 Å². The summed E-state index contributed by atoms with van der Waals surface area (Å²) in [4.78, 5) is 16.7. The number of aromatic nitrogens is 2. The maximum absolute atomic E-state index is 12.5. The van der Waals surface area contributed by atoms with Crippen LogP contribution in [0.1, 0.15) is 30.7 Å². The number of hydrogen-bond donors (Lipinski definition) is 1. The molecule has 6 nitrogen and oxygen atoms in total. The zero-order valence-corrected chi connectivity index (χ0v) is 14.9. The normalized spacial score (nSPS) is 16.5. The molecule has 3 rings (SSSR count). The molecule has 0 atom stereocenters. The number of aryl methyl sites for hydroxylation is 1. The summed E-state index contributed by atoms with van der Waals surface area (Å²) in [7, 11) is -3.43. The summed E-state index contributed by atoms with van der Waals surface area (Å²) in [6.07, 6.45) is 4.44. The first-order chi connectivity index (χ1) is 11.2. The van der Waals surface area contributed by atoms with Crippen LogP contribution in [0.15, 0.2) is 30.6 Å². The van der Waals surface area contributed by atoms with Gasteiger partial charge >= 0.3 is 0 Å². The number of sulfone groups is 1. The molecule has 1 amide bonds. The van der Waals surface area contributed by atoms with Gasteiger partial charge in [-0.3, -0.25) is 4.79 Å². The average Bonchev–Trinajstić information content (AvgIpc) is 2.77. The van der Waals surface area contributed by atoms with E-state index in [1.54, 1.807) is 18.5 Å². The number of rotatable bonds is 4. The summed E-state index contributed by atoms with van der Waals surface area (Å²) in [5, 5.41) is 2.75. The Morgan fingerprint density at radius 1 is 1.21 bits per heavy atom. The highest BCUT2D eigenvalue weighted by Crippen LogP contribution is 2.40. The average molecular weight is 347 g/mol. The van der Waals surface area contributed by atoms with Crippen LogP contribution in [0.25, 0.3) is 5.69 Å². The number of carbonyl (C=O) groups is 1. The van der Waals surface area contributed by atoms with E-state index in [-0.39, 0.29) is 0 Å². The van der Waals surface area contributed by atoms with E-state index >= 15 is 0 Å². The van der Waals surface area contributed by atoms with Crippen molar-refractivity contribution in [2.45, 2.75) is 37.9 Å². The third kappa shape index (κ3) is 2.62. The molecule has 1 fully saturated rings. The molecule has 2 aromatic rings. The quantitative estimate of drug-likeness (QED) is 0.921. The van der Waals surface area contributed by atoms with Crippen LogP contribution in [0.2, 0.25) is 0 Å². The van der Waals surface area contributed by atoms with Crippen molar-refractivity contribution in [3.8, 4) is 5.69 Å². The summed E-state index contributed by atoms with van der Waals surface area (Å²) in [6, 6.07) is 7.29. The Morgan fingerprint density at radius 3 is 2.25 bits per heavy atom. The topological polar surface area (TPSA) is 81.1 Å². The Bertz CT molecular complexity index is 878. The Hall–Kier alpha value is -2.15. The monoisotopic (exact) mass is 347 g/mol. The zero-order valence-electron chi connectivity index (χ0n) is 14.0. The van der Waals surface area contributed by atoms with Crippen molar-refractivity contribution in [3.63, 3.8) is 0 Å². The van der Waals surface area contributed by atoms with Crippen LogP contribution in [0, 0.1) is 13.8 Å². The number of anilines is 1. The summed E-state index contributed by atoms with van der Waals surface area (Å²) >= 11 is 0. The van der Waals surface area contributed by atoms with Crippen LogP contribution >= 0.6 is 0 Å². The fourth-order valence-corrected chi connectivity index (χ4v) is 4.39. The van der Waals surface area contributed by atoms with Crippen LogP contribution < -0.4 is 5.32 Å². The minimum absolute atomic E-state index is 0.392. The second kappa shape index (κ2) is 5.73. The van der Waals surface area contributed by atoms with E-state index in [1.807, 2.05) is 30.5 Å². The van der Waals surface area contributed by atoms with Gasteiger partial charge in [-0.1, -0.05) is 0 Å². The summed E-state index contributed by atoms with van der Waals surface area (Å²) in [5.74, 6) is -0.432. The molecule has 1 N–H and O–H groups in total. The highest BCUT2D eigenvalue weighted by molar-refractivity contribution is 7.93. The number of hydrogen-bond acceptors (Lipinski definition) is 4. The maximum atomic E-state index is 12.5. The number of imidazole rings is 1. The second-order valence-corrected chi connectivity index (χ2v) is 8.73. The highest BCUT2D eigenvalue weighted by atomic mass is 32.2. The van der Waals surface area contributed by atoms with Gasteiger partial charge in [-0.05, 0) is 57.4 Å². The molecule has 1 saturated carbocycles. The van der Waals surface area contributed by atoms with Crippen molar-refractivity contribution in [3.05, 3.63) is 42.0 Å². The molecule has 128 valence electrons. The van der Waals surface area contributed by atoms with E-state index in [4.69, 9.17) is 0 Å². The Labute approximate surface area is 141 Å². The molecule has 1 aliphatic rings. The van der Waals surface area contributed by atoms with Gasteiger partial charge < -0.3 is 9.88 Å². The Morgan fingerprint density at radius 2 is 1.83 bits per heavy atom. The van der Waals surface area contributed by atoms with E-state index in [1.165, 1.54) is 0 Å². The number of nitrogens with one attached hydrogen (secondary N) is 1. The van der Waals surface area contributed by atoms with Crippen molar-refractivity contribution < 1.29 is 13.2 Å². The van der Waals surface area contributed by atoms with Gasteiger partial charge in [-0.15, -0.1) is 0 Å². The van der Waals surface area contributed by atoms with E-state index < -0.39 is 20.5 Å². The van der Waals surface area contributed by atoms with Gasteiger partial charge in [-0.2, -0.15) is 0 Å². The fraction of sp³-hybridized carbons (Fsp3) is 0.412. The summed E-state index contributed by atoms with van der Waals surface area (Å²) in [5.41, 5.74) is 3.55. The van der Waals surface area contributed by atoms with Crippen LogP contribution in [0.4, 0.5) is 5.69 Å². The standard InChI is InChI=1S/C17H21N3O3S/c1-12-13(2)20(11-18-12)15-7-5-14(6-8-15)19-16(21)17(9-4-10-17)24(3,22)23/h5-8,11H,4,9-10H2,1-3H3,(H,19,21). The first-order valence-electron chi connectivity index (χ1n) is 7.87. The second-order valence-electron chi connectivity index (χ2n) is 6.41. The van der Waals surface area contributed by atoms with Gasteiger partial charge in [0.15, 0.2) is 14.6 Å². The lowest BCUT2D eigenvalue weighted by Crippen LogP contribution is -2.54. The summed E-state index contributed by atoms with van der Waals surface area (Å²) in [6.45, 7) is 3.94. The first-order valence-corrected chi connectivity index (χ1v) is 9.76. The molecule has 7 heteroatoms. The van der Waals surface area contributed by atoms with Gasteiger partial charge in [0.2, 0.25) is 5.91 Å². The van der Waals surface area contributed by atoms with E-state index in [2.05, 4.69) is 10.3 Å². The molecular formula is C17H21N3O3S.